The number of nitrogens with zero attached hydrogens (tertiary/aromatic N) is 3. The highest BCUT2D eigenvalue weighted by Gasteiger charge is 2.41. The van der Waals surface area contributed by atoms with E-state index in [4.69, 9.17) is 16.3 Å². The Morgan fingerprint density at radius 3 is 2.89 bits per heavy atom. The van der Waals surface area contributed by atoms with Crippen LogP contribution in [0.2, 0.25) is 5.02 Å². The third-order valence-electron chi connectivity index (χ3n) is 4.54. The van der Waals surface area contributed by atoms with Gasteiger partial charge in [0.1, 0.15) is 16.5 Å². The summed E-state index contributed by atoms with van der Waals surface area (Å²) >= 11 is 6.14. The molecule has 3 N–H and O–H groups in total. The van der Waals surface area contributed by atoms with Gasteiger partial charge in [-0.25, -0.2) is 8.42 Å². The van der Waals surface area contributed by atoms with Gasteiger partial charge in [0.25, 0.3) is 10.0 Å². The highest BCUT2D eigenvalue weighted by Crippen LogP contribution is 2.33. The molecule has 11 heteroatoms. The van der Waals surface area contributed by atoms with Crippen molar-refractivity contribution in [2.45, 2.75) is 10.4 Å². The highest BCUT2D eigenvalue weighted by molar-refractivity contribution is 7.92. The second kappa shape index (κ2) is 6.24. The van der Waals surface area contributed by atoms with Gasteiger partial charge in [0.15, 0.2) is 0 Å². The minimum Gasteiger partial charge on any atom is -0.394 e. The molecule has 2 aromatic heterocycles. The van der Waals surface area contributed by atoms with Crippen molar-refractivity contribution in [2.75, 3.05) is 24.5 Å². The minimum atomic E-state index is -3.95. The molecule has 9 nitrogen and oxygen atoms in total. The average Bonchev–Trinajstić information content (AvgIpc) is 3.25. The van der Waals surface area contributed by atoms with E-state index in [1.165, 1.54) is 35.4 Å². The summed E-state index contributed by atoms with van der Waals surface area (Å²) in [6.07, 6.45) is 4.03. The molecule has 1 aliphatic rings. The zero-order chi connectivity index (χ0) is 19.2. The van der Waals surface area contributed by atoms with Gasteiger partial charge in [0.2, 0.25) is 0 Å². The molecule has 3 heterocycles. The maximum atomic E-state index is 12.8. The first-order chi connectivity index (χ1) is 12.9. The molecule has 1 saturated heterocycles. The number of nitrogens with one attached hydrogen (secondary N) is 2. The van der Waals surface area contributed by atoms with Crippen LogP contribution < -0.4 is 4.72 Å². The zero-order valence-electron chi connectivity index (χ0n) is 13.8. The molecule has 1 fully saturated rings. The molecule has 0 atom stereocenters. The predicted molar refractivity (Wildman–Crippen MR) is 96.9 cm³/mol. The lowest BCUT2D eigenvalue weighted by molar-refractivity contribution is -0.130. The second-order valence-electron chi connectivity index (χ2n) is 6.26. The molecule has 0 amide bonds. The molecule has 1 aliphatic heterocycles. The molecule has 4 rings (SSSR count). The Morgan fingerprint density at radius 1 is 1.48 bits per heavy atom. The number of aliphatic hydroxyl groups is 1. The van der Waals surface area contributed by atoms with Crippen molar-refractivity contribution in [1.29, 1.82) is 5.26 Å². The Hall–Kier alpha value is -2.58. The van der Waals surface area contributed by atoms with Crippen LogP contribution in [0.5, 0.6) is 0 Å². The summed E-state index contributed by atoms with van der Waals surface area (Å²) < 4.78 is 34.6. The molecule has 0 spiro atoms. The quantitative estimate of drug-likeness (QED) is 0.585. The van der Waals surface area contributed by atoms with Crippen LogP contribution in [0.4, 0.5) is 5.69 Å². The largest absolute Gasteiger partial charge is 0.394 e. The van der Waals surface area contributed by atoms with Crippen LogP contribution in [0, 0.1) is 11.3 Å². The van der Waals surface area contributed by atoms with Crippen LogP contribution in [0.1, 0.15) is 5.56 Å². The number of hydrogen-bond donors (Lipinski definition) is 3. The lowest BCUT2D eigenvalue weighted by atomic mass is 9.99. The summed E-state index contributed by atoms with van der Waals surface area (Å²) in [6, 6.07) is 5.04. The predicted octanol–water partition coefficient (Wildman–Crippen LogP) is 1.41. The van der Waals surface area contributed by atoms with Gasteiger partial charge in [-0.1, -0.05) is 11.6 Å². The lowest BCUT2D eigenvalue weighted by Gasteiger charge is -2.39. The lowest BCUT2D eigenvalue weighted by Crippen LogP contribution is -2.54. The third kappa shape index (κ3) is 2.76. The number of H-pyrrole nitrogens is 1. The standard InChI is InChI=1S/C16H14ClN5O4S/c17-12-1-2-13(15-14(12)10(3-18)4-19-15)21-27(24,25)11-5-20-22(6-11)16(7-23)8-26-9-16/h1-2,4-6,19,21,23H,7-9H2. The van der Waals surface area contributed by atoms with Crippen LogP contribution >= 0.6 is 11.6 Å². The second-order valence-corrected chi connectivity index (χ2v) is 8.35. The number of fused-ring (bicyclic) bond motifs is 1. The number of halogens is 1. The fourth-order valence-electron chi connectivity index (χ4n) is 2.92. The summed E-state index contributed by atoms with van der Waals surface area (Å²) in [7, 11) is -3.95. The maximum absolute atomic E-state index is 12.8. The van der Waals surface area contributed by atoms with Crippen LogP contribution in [-0.4, -0.2) is 48.1 Å². The van der Waals surface area contributed by atoms with Crippen LogP contribution in [0.25, 0.3) is 10.9 Å². The van der Waals surface area contributed by atoms with Gasteiger partial charge in [0.05, 0.1) is 47.8 Å². The van der Waals surface area contributed by atoms with Crippen molar-refractivity contribution in [3.8, 4) is 6.07 Å². The summed E-state index contributed by atoms with van der Waals surface area (Å²) in [6.45, 7) is 0.309. The van der Waals surface area contributed by atoms with Crippen LogP contribution in [-0.2, 0) is 20.3 Å². The van der Waals surface area contributed by atoms with Crippen LogP contribution in [0.3, 0.4) is 0 Å². The minimum absolute atomic E-state index is 0.0580. The molecule has 140 valence electrons. The molecule has 1 aromatic carbocycles. The summed E-state index contributed by atoms with van der Waals surface area (Å²) in [5.41, 5.74) is 0.253. The smallest absolute Gasteiger partial charge is 0.265 e. The molecule has 0 aliphatic carbocycles. The Labute approximate surface area is 159 Å². The van der Waals surface area contributed by atoms with E-state index in [1.54, 1.807) is 0 Å². The van der Waals surface area contributed by atoms with Crippen LogP contribution in [0.15, 0.2) is 35.6 Å². The number of rotatable bonds is 5. The van der Waals surface area contributed by atoms with Gasteiger partial charge in [0, 0.05) is 17.8 Å². The van der Waals surface area contributed by atoms with Gasteiger partial charge in [-0.15, -0.1) is 0 Å². The molecule has 3 aromatic rings. The topological polar surface area (TPSA) is 133 Å². The summed E-state index contributed by atoms with van der Waals surface area (Å²) in [4.78, 5) is 2.82. The summed E-state index contributed by atoms with van der Waals surface area (Å²) in [5, 5.41) is 23.6. The Balaban J connectivity index is 1.70. The number of anilines is 1. The Kier molecular flexibility index (Phi) is 4.12. The number of aliphatic hydroxyl groups excluding tert-OH is 1. The van der Waals surface area contributed by atoms with E-state index in [9.17, 15) is 18.8 Å². The number of aromatic amines is 1. The molecule has 0 unspecified atom stereocenters. The first-order valence-corrected chi connectivity index (χ1v) is 9.72. The van der Waals surface area contributed by atoms with E-state index < -0.39 is 15.6 Å². The SMILES string of the molecule is N#Cc1c[nH]c2c(NS(=O)(=O)c3cnn(C4(CO)COC4)c3)ccc(Cl)c12. The molecular formula is C16H14ClN5O4S. The average molecular weight is 408 g/mol. The fraction of sp³-hybridized carbons (Fsp3) is 0.250. The van der Waals surface area contributed by atoms with Crippen molar-refractivity contribution in [2.24, 2.45) is 0 Å². The monoisotopic (exact) mass is 407 g/mol. The van der Waals surface area contributed by atoms with E-state index in [0.717, 1.165) is 0 Å². The van der Waals surface area contributed by atoms with Gasteiger partial charge >= 0.3 is 0 Å². The molecule has 0 bridgehead atoms. The number of aromatic nitrogens is 3. The van der Waals surface area contributed by atoms with Crippen molar-refractivity contribution in [3.05, 3.63) is 41.3 Å². The number of sulfonamides is 1. The number of hydrogen-bond acceptors (Lipinski definition) is 6. The van der Waals surface area contributed by atoms with E-state index in [1.807, 2.05) is 6.07 Å². The molecular weight excluding hydrogens is 394 g/mol. The maximum Gasteiger partial charge on any atom is 0.265 e. The van der Waals surface area contributed by atoms with Crippen molar-refractivity contribution in [1.82, 2.24) is 14.8 Å². The first kappa shape index (κ1) is 17.8. The van der Waals surface area contributed by atoms with E-state index in [0.29, 0.717) is 21.5 Å². The first-order valence-electron chi connectivity index (χ1n) is 7.86. The molecule has 0 saturated carbocycles. The van der Waals surface area contributed by atoms with Gasteiger partial charge in [-0.3, -0.25) is 9.40 Å². The number of benzene rings is 1. The Bertz CT molecular complexity index is 1170. The summed E-state index contributed by atoms with van der Waals surface area (Å²) in [5.74, 6) is 0. The number of nitriles is 1. The Morgan fingerprint density at radius 2 is 2.26 bits per heavy atom. The van der Waals surface area contributed by atoms with E-state index in [2.05, 4.69) is 14.8 Å². The molecule has 0 radical (unpaired) electrons. The zero-order valence-corrected chi connectivity index (χ0v) is 15.4. The van der Waals surface area contributed by atoms with E-state index in [-0.39, 0.29) is 30.4 Å². The third-order valence-corrected chi connectivity index (χ3v) is 6.18. The fourth-order valence-corrected chi connectivity index (χ4v) is 4.18. The van der Waals surface area contributed by atoms with Crippen molar-refractivity contribution >= 4 is 38.2 Å². The van der Waals surface area contributed by atoms with Crippen molar-refractivity contribution < 1.29 is 18.3 Å². The highest BCUT2D eigenvalue weighted by atomic mass is 35.5. The van der Waals surface area contributed by atoms with Gasteiger partial charge in [-0.05, 0) is 12.1 Å². The van der Waals surface area contributed by atoms with Gasteiger partial charge in [-0.2, -0.15) is 10.4 Å². The normalized spacial score (nSPS) is 16.0. The number of ether oxygens (including phenoxy) is 1. The molecule has 27 heavy (non-hydrogen) atoms. The van der Waals surface area contributed by atoms with Gasteiger partial charge < -0.3 is 14.8 Å². The van der Waals surface area contributed by atoms with E-state index >= 15 is 0 Å². The van der Waals surface area contributed by atoms with Crippen molar-refractivity contribution in [3.63, 3.8) is 0 Å².